The van der Waals surface area contributed by atoms with E-state index in [1.54, 1.807) is 32.4 Å². The lowest BCUT2D eigenvalue weighted by molar-refractivity contribution is 0.354. The van der Waals surface area contributed by atoms with Gasteiger partial charge in [-0.3, -0.25) is 0 Å². The second kappa shape index (κ2) is 6.88. The van der Waals surface area contributed by atoms with Crippen LogP contribution >= 0.6 is 39.1 Å². The van der Waals surface area contributed by atoms with E-state index in [-0.39, 0.29) is 0 Å². The molecule has 0 radical (unpaired) electrons. The topological polar surface area (TPSA) is 44.5 Å². The van der Waals surface area contributed by atoms with Gasteiger partial charge in [0, 0.05) is 20.6 Å². The lowest BCUT2D eigenvalue weighted by Crippen LogP contribution is -2.13. The van der Waals surface area contributed by atoms with Crippen molar-refractivity contribution in [3.8, 4) is 11.5 Å². The normalized spacial score (nSPS) is 12.1. The molecular weight excluding hydrogens is 377 g/mol. The van der Waals surface area contributed by atoms with Gasteiger partial charge in [-0.2, -0.15) is 0 Å². The summed E-state index contributed by atoms with van der Waals surface area (Å²) >= 11 is 15.8. The third-order valence-electron chi connectivity index (χ3n) is 3.08. The highest BCUT2D eigenvalue weighted by atomic mass is 79.9. The fraction of sp³-hybridized carbons (Fsp3) is 0.200. The van der Waals surface area contributed by atoms with Crippen molar-refractivity contribution in [1.29, 1.82) is 0 Å². The molecule has 0 heterocycles. The highest BCUT2D eigenvalue weighted by molar-refractivity contribution is 9.10. The average Bonchev–Trinajstić information content (AvgIpc) is 2.45. The first-order valence-electron chi connectivity index (χ1n) is 6.09. The van der Waals surface area contributed by atoms with E-state index >= 15 is 0 Å². The van der Waals surface area contributed by atoms with Crippen LogP contribution in [0.25, 0.3) is 0 Å². The van der Waals surface area contributed by atoms with Crippen molar-refractivity contribution >= 4 is 39.1 Å². The molecule has 112 valence electrons. The van der Waals surface area contributed by atoms with Crippen LogP contribution in [0.1, 0.15) is 17.2 Å². The molecular formula is C15H14BrCl2NO2. The Bertz CT molecular complexity index is 644. The minimum atomic E-state index is -0.424. The first kappa shape index (κ1) is 16.4. The second-order valence-electron chi connectivity index (χ2n) is 4.41. The molecule has 2 aromatic carbocycles. The Balaban J connectivity index is 2.49. The molecule has 0 amide bonds. The highest BCUT2D eigenvalue weighted by Gasteiger charge is 2.17. The van der Waals surface area contributed by atoms with Crippen LogP contribution in [0.5, 0.6) is 11.5 Å². The Morgan fingerprint density at radius 3 is 2.19 bits per heavy atom. The van der Waals surface area contributed by atoms with E-state index < -0.39 is 6.04 Å². The predicted octanol–water partition coefficient (Wildman–Crippen LogP) is 4.82. The zero-order valence-corrected chi connectivity index (χ0v) is 14.6. The molecule has 0 aliphatic heterocycles. The standard InChI is InChI=1S/C15H14BrCl2NO2/c1-20-13-6-11(12(18)7-14(13)21-2)15(19)8-3-9(16)5-10(17)4-8/h3-7,15H,19H2,1-2H3. The van der Waals surface area contributed by atoms with Gasteiger partial charge in [0.1, 0.15) is 0 Å². The van der Waals surface area contributed by atoms with Crippen molar-refractivity contribution in [1.82, 2.24) is 0 Å². The number of rotatable bonds is 4. The molecule has 0 fully saturated rings. The second-order valence-corrected chi connectivity index (χ2v) is 6.17. The van der Waals surface area contributed by atoms with Gasteiger partial charge in [0.25, 0.3) is 0 Å². The predicted molar refractivity (Wildman–Crippen MR) is 89.7 cm³/mol. The number of benzene rings is 2. The zero-order valence-electron chi connectivity index (χ0n) is 11.5. The van der Waals surface area contributed by atoms with Crippen molar-refractivity contribution in [2.75, 3.05) is 14.2 Å². The van der Waals surface area contributed by atoms with Crippen molar-refractivity contribution in [3.05, 3.63) is 56.0 Å². The Kier molecular flexibility index (Phi) is 5.38. The van der Waals surface area contributed by atoms with Crippen LogP contribution in [0.2, 0.25) is 10.0 Å². The van der Waals surface area contributed by atoms with Crippen molar-refractivity contribution < 1.29 is 9.47 Å². The number of methoxy groups -OCH3 is 2. The molecule has 0 aliphatic carbocycles. The van der Waals surface area contributed by atoms with Crippen LogP contribution in [0.4, 0.5) is 0 Å². The van der Waals surface area contributed by atoms with E-state index in [2.05, 4.69) is 15.9 Å². The Morgan fingerprint density at radius 2 is 1.62 bits per heavy atom. The molecule has 0 saturated carbocycles. The number of hydrogen-bond acceptors (Lipinski definition) is 3. The average molecular weight is 391 g/mol. The number of nitrogens with two attached hydrogens (primary N) is 1. The van der Waals surface area contributed by atoms with Crippen LogP contribution in [0, 0.1) is 0 Å². The summed E-state index contributed by atoms with van der Waals surface area (Å²) in [6, 6.07) is 8.56. The van der Waals surface area contributed by atoms with Crippen LogP contribution < -0.4 is 15.2 Å². The monoisotopic (exact) mass is 389 g/mol. The van der Waals surface area contributed by atoms with Crippen LogP contribution in [-0.2, 0) is 0 Å². The summed E-state index contributed by atoms with van der Waals surface area (Å²) in [6.07, 6.45) is 0. The number of hydrogen-bond donors (Lipinski definition) is 1. The summed E-state index contributed by atoms with van der Waals surface area (Å²) in [5, 5.41) is 1.11. The van der Waals surface area contributed by atoms with E-state index in [1.165, 1.54) is 0 Å². The van der Waals surface area contributed by atoms with E-state index in [4.69, 9.17) is 38.4 Å². The quantitative estimate of drug-likeness (QED) is 0.813. The van der Waals surface area contributed by atoms with Gasteiger partial charge in [-0.15, -0.1) is 0 Å². The lowest BCUT2D eigenvalue weighted by atomic mass is 9.99. The first-order valence-corrected chi connectivity index (χ1v) is 7.64. The molecule has 0 aliphatic rings. The Morgan fingerprint density at radius 1 is 1.00 bits per heavy atom. The SMILES string of the molecule is COc1cc(Cl)c(C(N)c2cc(Cl)cc(Br)c2)cc1OC. The third-order valence-corrected chi connectivity index (χ3v) is 4.09. The van der Waals surface area contributed by atoms with E-state index in [0.29, 0.717) is 21.5 Å². The van der Waals surface area contributed by atoms with Gasteiger partial charge in [-0.1, -0.05) is 39.1 Å². The zero-order chi connectivity index (χ0) is 15.6. The molecule has 1 unspecified atom stereocenters. The van der Waals surface area contributed by atoms with Crippen molar-refractivity contribution in [2.45, 2.75) is 6.04 Å². The Labute approximate surface area is 142 Å². The van der Waals surface area contributed by atoms with Gasteiger partial charge in [-0.05, 0) is 35.4 Å². The van der Waals surface area contributed by atoms with Crippen LogP contribution in [-0.4, -0.2) is 14.2 Å². The van der Waals surface area contributed by atoms with Gasteiger partial charge in [-0.25, -0.2) is 0 Å². The van der Waals surface area contributed by atoms with Crippen molar-refractivity contribution in [3.63, 3.8) is 0 Å². The molecule has 0 spiro atoms. The number of ether oxygens (including phenoxy) is 2. The largest absolute Gasteiger partial charge is 0.493 e. The minimum Gasteiger partial charge on any atom is -0.493 e. The third kappa shape index (κ3) is 3.64. The lowest BCUT2D eigenvalue weighted by Gasteiger charge is -2.17. The molecule has 0 saturated heterocycles. The molecule has 1 atom stereocenters. The van der Waals surface area contributed by atoms with Gasteiger partial charge < -0.3 is 15.2 Å². The molecule has 3 nitrogen and oxygen atoms in total. The van der Waals surface area contributed by atoms with Crippen LogP contribution in [0.15, 0.2) is 34.8 Å². The van der Waals surface area contributed by atoms with Gasteiger partial charge in [0.05, 0.1) is 20.3 Å². The summed E-state index contributed by atoms with van der Waals surface area (Å²) in [5.74, 6) is 1.14. The van der Waals surface area contributed by atoms with E-state index in [9.17, 15) is 0 Å². The van der Waals surface area contributed by atoms with Crippen LogP contribution in [0.3, 0.4) is 0 Å². The molecule has 2 rings (SSSR count). The summed E-state index contributed by atoms with van der Waals surface area (Å²) in [4.78, 5) is 0. The molecule has 2 aromatic rings. The van der Waals surface area contributed by atoms with Gasteiger partial charge in [0.2, 0.25) is 0 Å². The summed E-state index contributed by atoms with van der Waals surface area (Å²) in [6.45, 7) is 0. The summed E-state index contributed by atoms with van der Waals surface area (Å²) < 4.78 is 11.4. The molecule has 0 aromatic heterocycles. The van der Waals surface area contributed by atoms with E-state index in [0.717, 1.165) is 15.6 Å². The van der Waals surface area contributed by atoms with Gasteiger partial charge >= 0.3 is 0 Å². The minimum absolute atomic E-state index is 0.424. The molecule has 6 heteroatoms. The summed E-state index contributed by atoms with van der Waals surface area (Å²) in [5.41, 5.74) is 7.90. The molecule has 21 heavy (non-hydrogen) atoms. The smallest absolute Gasteiger partial charge is 0.162 e. The molecule has 2 N–H and O–H groups in total. The van der Waals surface area contributed by atoms with E-state index in [1.807, 2.05) is 12.1 Å². The fourth-order valence-corrected chi connectivity index (χ4v) is 3.20. The highest BCUT2D eigenvalue weighted by Crippen LogP contribution is 2.37. The maximum Gasteiger partial charge on any atom is 0.162 e. The van der Waals surface area contributed by atoms with Crippen molar-refractivity contribution in [2.24, 2.45) is 5.73 Å². The maximum atomic E-state index is 6.31. The van der Waals surface area contributed by atoms with Gasteiger partial charge in [0.15, 0.2) is 11.5 Å². The number of halogens is 3. The fourth-order valence-electron chi connectivity index (χ4n) is 2.04. The summed E-state index contributed by atoms with van der Waals surface area (Å²) in [7, 11) is 3.12. The first-order chi connectivity index (χ1) is 9.96. The molecule has 0 bridgehead atoms. The maximum absolute atomic E-state index is 6.31. The Hall–Kier alpha value is -0.940.